The molecule has 0 aliphatic carbocycles. The second-order valence-corrected chi connectivity index (χ2v) is 7.35. The Hall–Kier alpha value is -2.12. The molecule has 0 atom stereocenters. The van der Waals surface area contributed by atoms with Gasteiger partial charge in [0.2, 0.25) is 11.8 Å². The summed E-state index contributed by atoms with van der Waals surface area (Å²) in [5.74, 6) is 0.403. The Morgan fingerprint density at radius 1 is 1.18 bits per heavy atom. The molecule has 1 spiro atoms. The van der Waals surface area contributed by atoms with Crippen LogP contribution in [0.25, 0.3) is 0 Å². The third kappa shape index (κ3) is 5.23. The van der Waals surface area contributed by atoms with Gasteiger partial charge in [-0.3, -0.25) is 9.59 Å². The molecule has 0 radical (unpaired) electrons. The molecule has 0 N–H and O–H groups in total. The maximum absolute atomic E-state index is 12.6. The van der Waals surface area contributed by atoms with E-state index in [2.05, 4.69) is 0 Å². The number of benzene rings is 1. The van der Waals surface area contributed by atoms with E-state index in [1.54, 1.807) is 18.9 Å². The van der Waals surface area contributed by atoms with Gasteiger partial charge in [0.25, 0.3) is 0 Å². The van der Waals surface area contributed by atoms with E-state index in [1.807, 2.05) is 29.2 Å². The van der Waals surface area contributed by atoms with Crippen molar-refractivity contribution in [2.45, 2.75) is 38.4 Å². The molecule has 0 aromatic heterocycles. The first-order valence-electron chi connectivity index (χ1n) is 9.95. The van der Waals surface area contributed by atoms with Gasteiger partial charge in [0.1, 0.15) is 5.75 Å². The third-order valence-electron chi connectivity index (χ3n) is 5.54. The Bertz CT molecular complexity index is 677. The maximum atomic E-state index is 12.6. The number of hydrogen-bond acceptors (Lipinski definition) is 5. The highest BCUT2D eigenvalue weighted by Crippen LogP contribution is 2.31. The molecule has 2 amide bonds. The second kappa shape index (κ2) is 9.39. The van der Waals surface area contributed by atoms with E-state index in [9.17, 15) is 9.59 Å². The highest BCUT2D eigenvalue weighted by Gasteiger charge is 2.40. The van der Waals surface area contributed by atoms with Crippen molar-refractivity contribution in [2.24, 2.45) is 0 Å². The van der Waals surface area contributed by atoms with Crippen LogP contribution in [0.2, 0.25) is 0 Å². The fourth-order valence-corrected chi connectivity index (χ4v) is 3.79. The first-order valence-corrected chi connectivity index (χ1v) is 9.95. The van der Waals surface area contributed by atoms with Crippen molar-refractivity contribution in [3.63, 3.8) is 0 Å². The minimum absolute atomic E-state index is 0.0129. The van der Waals surface area contributed by atoms with Crippen LogP contribution in [0, 0.1) is 0 Å². The van der Waals surface area contributed by atoms with Gasteiger partial charge in [-0.1, -0.05) is 12.1 Å². The highest BCUT2D eigenvalue weighted by atomic mass is 16.7. The summed E-state index contributed by atoms with van der Waals surface area (Å²) in [5, 5.41) is 0. The van der Waals surface area contributed by atoms with Gasteiger partial charge in [0.05, 0.1) is 20.3 Å². The number of piperidine rings is 1. The SMILES string of the molecule is COc1cccc(CCN(CCC(=O)N2CCC3(CC2)OCCO3)C(C)=O)c1. The minimum Gasteiger partial charge on any atom is -0.497 e. The molecule has 154 valence electrons. The van der Waals surface area contributed by atoms with Crippen molar-refractivity contribution in [3.8, 4) is 5.75 Å². The largest absolute Gasteiger partial charge is 0.497 e. The van der Waals surface area contributed by atoms with Crippen LogP contribution in [-0.2, 0) is 25.5 Å². The number of carbonyl (C=O) groups excluding carboxylic acids is 2. The lowest BCUT2D eigenvalue weighted by molar-refractivity contribution is -0.187. The van der Waals surface area contributed by atoms with E-state index >= 15 is 0 Å². The van der Waals surface area contributed by atoms with Crippen LogP contribution >= 0.6 is 0 Å². The van der Waals surface area contributed by atoms with Gasteiger partial charge in [0.15, 0.2) is 5.79 Å². The molecular weight excluding hydrogens is 360 g/mol. The average Bonchev–Trinajstić information content (AvgIpc) is 3.16. The number of methoxy groups -OCH3 is 1. The first-order chi connectivity index (χ1) is 13.5. The Labute approximate surface area is 166 Å². The number of nitrogens with zero attached hydrogens (tertiary/aromatic N) is 2. The zero-order chi connectivity index (χ0) is 20.0. The number of hydrogen-bond donors (Lipinski definition) is 0. The van der Waals surface area contributed by atoms with E-state index < -0.39 is 5.79 Å². The summed E-state index contributed by atoms with van der Waals surface area (Å²) in [6.07, 6.45) is 2.49. The van der Waals surface area contributed by atoms with Crippen LogP contribution in [0.5, 0.6) is 5.75 Å². The monoisotopic (exact) mass is 390 g/mol. The Morgan fingerprint density at radius 3 is 2.54 bits per heavy atom. The average molecular weight is 390 g/mol. The zero-order valence-electron chi connectivity index (χ0n) is 16.8. The lowest BCUT2D eigenvalue weighted by Crippen LogP contribution is -2.48. The highest BCUT2D eigenvalue weighted by molar-refractivity contribution is 5.78. The van der Waals surface area contributed by atoms with Crippen molar-refractivity contribution in [2.75, 3.05) is 46.5 Å². The molecule has 28 heavy (non-hydrogen) atoms. The zero-order valence-corrected chi connectivity index (χ0v) is 16.8. The fraction of sp³-hybridized carbons (Fsp3) is 0.619. The lowest BCUT2D eigenvalue weighted by atomic mass is 10.0. The number of ether oxygens (including phenoxy) is 3. The molecule has 2 saturated heterocycles. The van der Waals surface area contributed by atoms with E-state index in [0.29, 0.717) is 58.7 Å². The first kappa shape index (κ1) is 20.6. The molecule has 2 fully saturated rings. The molecule has 1 aromatic rings. The summed E-state index contributed by atoms with van der Waals surface area (Å²) in [5.41, 5.74) is 1.11. The van der Waals surface area contributed by atoms with Crippen LogP contribution in [0.1, 0.15) is 31.7 Å². The van der Waals surface area contributed by atoms with Crippen LogP contribution in [-0.4, -0.2) is 73.9 Å². The van der Waals surface area contributed by atoms with Crippen molar-refractivity contribution in [3.05, 3.63) is 29.8 Å². The smallest absolute Gasteiger partial charge is 0.224 e. The van der Waals surface area contributed by atoms with Gasteiger partial charge in [-0.2, -0.15) is 0 Å². The molecule has 3 rings (SSSR count). The van der Waals surface area contributed by atoms with Gasteiger partial charge < -0.3 is 24.0 Å². The second-order valence-electron chi connectivity index (χ2n) is 7.35. The van der Waals surface area contributed by atoms with Gasteiger partial charge in [-0.25, -0.2) is 0 Å². The molecule has 1 aromatic carbocycles. The Balaban J connectivity index is 1.45. The van der Waals surface area contributed by atoms with Crippen LogP contribution < -0.4 is 4.74 Å². The van der Waals surface area contributed by atoms with Crippen molar-refractivity contribution in [1.29, 1.82) is 0 Å². The Kier molecular flexibility index (Phi) is 6.91. The van der Waals surface area contributed by atoms with E-state index in [0.717, 1.165) is 17.7 Å². The van der Waals surface area contributed by atoms with Crippen LogP contribution in [0.4, 0.5) is 0 Å². The van der Waals surface area contributed by atoms with Gasteiger partial charge in [-0.15, -0.1) is 0 Å². The Morgan fingerprint density at radius 2 is 1.89 bits per heavy atom. The molecule has 2 aliphatic rings. The third-order valence-corrected chi connectivity index (χ3v) is 5.54. The van der Waals surface area contributed by atoms with Gasteiger partial charge in [0, 0.05) is 52.4 Å². The summed E-state index contributed by atoms with van der Waals surface area (Å²) in [7, 11) is 1.64. The van der Waals surface area contributed by atoms with Crippen molar-refractivity contribution in [1.82, 2.24) is 9.80 Å². The van der Waals surface area contributed by atoms with E-state index in [-0.39, 0.29) is 11.8 Å². The molecule has 7 heteroatoms. The van der Waals surface area contributed by atoms with Crippen LogP contribution in [0.15, 0.2) is 24.3 Å². The molecule has 0 saturated carbocycles. The van der Waals surface area contributed by atoms with Crippen LogP contribution in [0.3, 0.4) is 0 Å². The standard InChI is InChI=1S/C21H30N2O5/c1-17(24)22(10-6-18-4-3-5-19(16-18)26-2)11-7-20(25)23-12-8-21(9-13-23)27-14-15-28-21/h3-5,16H,6-15H2,1-2H3. The lowest BCUT2D eigenvalue weighted by Gasteiger charge is -2.37. The molecule has 0 unspecified atom stereocenters. The molecular formula is C21H30N2O5. The normalized spacial score (nSPS) is 18.3. The summed E-state index contributed by atoms with van der Waals surface area (Å²) in [4.78, 5) is 28.2. The topological polar surface area (TPSA) is 68.3 Å². The number of likely N-dealkylation sites (tertiary alicyclic amines) is 1. The molecule has 2 aliphatic heterocycles. The number of carbonyl (C=O) groups is 2. The van der Waals surface area contributed by atoms with Crippen molar-refractivity contribution < 1.29 is 23.8 Å². The summed E-state index contributed by atoms with van der Waals surface area (Å²) in [6.45, 7) is 5.12. The minimum atomic E-state index is -0.473. The fourth-order valence-electron chi connectivity index (χ4n) is 3.79. The number of amides is 2. The summed E-state index contributed by atoms with van der Waals surface area (Å²) < 4.78 is 16.7. The maximum Gasteiger partial charge on any atom is 0.224 e. The van der Waals surface area contributed by atoms with Gasteiger partial charge in [-0.05, 0) is 24.1 Å². The molecule has 7 nitrogen and oxygen atoms in total. The number of rotatable bonds is 7. The predicted molar refractivity (Wildman–Crippen MR) is 104 cm³/mol. The molecule has 0 bridgehead atoms. The quantitative estimate of drug-likeness (QED) is 0.711. The van der Waals surface area contributed by atoms with Gasteiger partial charge >= 0.3 is 0 Å². The van der Waals surface area contributed by atoms with E-state index in [1.165, 1.54) is 0 Å². The summed E-state index contributed by atoms with van der Waals surface area (Å²) >= 11 is 0. The summed E-state index contributed by atoms with van der Waals surface area (Å²) in [6, 6.07) is 7.83. The molecule has 2 heterocycles. The van der Waals surface area contributed by atoms with Crippen molar-refractivity contribution >= 4 is 11.8 Å². The predicted octanol–water partition coefficient (Wildman–Crippen LogP) is 1.84. The van der Waals surface area contributed by atoms with E-state index in [4.69, 9.17) is 14.2 Å².